The van der Waals surface area contributed by atoms with Crippen molar-refractivity contribution in [2.75, 3.05) is 0 Å². The Morgan fingerprint density at radius 1 is 1.23 bits per heavy atom. The minimum absolute atomic E-state index is 0.0159. The lowest BCUT2D eigenvalue weighted by molar-refractivity contribution is -0.116. The molecule has 1 atom stereocenters. The number of nitrogens with two attached hydrogens (primary N) is 1. The lowest BCUT2D eigenvalue weighted by atomic mass is 9.77. The number of Topliss-reactive ketones (excluding diaryl/α,β-unsaturated/α-hetero) is 1. The number of hydrogen-bond donors (Lipinski definition) is 1. The molecule has 2 aliphatic rings. The fraction of sp³-hybridized carbons (Fsp3) is 0.217. The smallest absolute Gasteiger partial charge is 0.205 e. The van der Waals surface area contributed by atoms with Crippen molar-refractivity contribution < 1.29 is 14.3 Å². The van der Waals surface area contributed by atoms with E-state index in [0.717, 1.165) is 11.1 Å². The zero-order chi connectivity index (χ0) is 22.1. The maximum absolute atomic E-state index is 12.7. The summed E-state index contributed by atoms with van der Waals surface area (Å²) in [4.78, 5) is 12.7. The molecule has 1 aliphatic heterocycles. The zero-order valence-electron chi connectivity index (χ0n) is 16.3. The fourth-order valence-corrected chi connectivity index (χ4v) is 5.48. The molecular weight excluding hydrogens is 548 g/mol. The number of nitriles is 1. The van der Waals surface area contributed by atoms with Crippen molar-refractivity contribution in [2.24, 2.45) is 5.73 Å². The first kappa shape index (κ1) is 21.9. The molecular formula is C23H17Br2ClN2O3. The Bertz CT molecular complexity index is 1160. The number of carbonyl (C=O) groups excluding carboxylic acids is 1. The Kier molecular flexibility index (Phi) is 6.42. The minimum atomic E-state index is -0.577. The predicted octanol–water partition coefficient (Wildman–Crippen LogP) is 6.26. The van der Waals surface area contributed by atoms with Crippen LogP contribution in [0.5, 0.6) is 5.75 Å². The zero-order valence-corrected chi connectivity index (χ0v) is 20.2. The molecule has 158 valence electrons. The van der Waals surface area contributed by atoms with Gasteiger partial charge in [0.15, 0.2) is 5.78 Å². The third-order valence-electron chi connectivity index (χ3n) is 5.29. The predicted molar refractivity (Wildman–Crippen MR) is 124 cm³/mol. The van der Waals surface area contributed by atoms with E-state index in [1.807, 2.05) is 36.4 Å². The molecule has 1 aliphatic carbocycles. The quantitative estimate of drug-likeness (QED) is 0.474. The van der Waals surface area contributed by atoms with Gasteiger partial charge in [-0.2, -0.15) is 5.26 Å². The summed E-state index contributed by atoms with van der Waals surface area (Å²) in [5.41, 5.74) is 8.39. The van der Waals surface area contributed by atoms with Crippen LogP contribution in [0.1, 0.15) is 36.3 Å². The van der Waals surface area contributed by atoms with Gasteiger partial charge in [0.1, 0.15) is 29.8 Å². The summed E-state index contributed by atoms with van der Waals surface area (Å²) >= 11 is 13.4. The van der Waals surface area contributed by atoms with Crippen LogP contribution in [0.2, 0.25) is 5.02 Å². The number of rotatable bonds is 4. The topological polar surface area (TPSA) is 85.3 Å². The Labute approximate surface area is 201 Å². The van der Waals surface area contributed by atoms with Gasteiger partial charge in [-0.25, -0.2) is 0 Å². The van der Waals surface area contributed by atoms with Crippen LogP contribution < -0.4 is 10.5 Å². The first-order valence-corrected chi connectivity index (χ1v) is 11.6. The number of allylic oxidation sites excluding steroid dienone is 3. The Balaban J connectivity index is 1.71. The number of benzene rings is 2. The van der Waals surface area contributed by atoms with Crippen molar-refractivity contribution in [3.8, 4) is 11.8 Å². The van der Waals surface area contributed by atoms with Crippen LogP contribution in [-0.4, -0.2) is 5.78 Å². The van der Waals surface area contributed by atoms with Crippen molar-refractivity contribution in [3.63, 3.8) is 0 Å². The van der Waals surface area contributed by atoms with Gasteiger partial charge in [-0.15, -0.1) is 0 Å². The standard InChI is InChI=1S/C23H17Br2ClN2O3/c24-15-8-13(9-16(25)22(15)30-11-12-4-1-2-5-17(12)26)20-14(10-27)23(28)31-19-7-3-6-18(29)21(19)20/h1-2,4-5,8-9,20H,3,6-7,11,28H2/t20-/m0/s1. The number of hydrogen-bond acceptors (Lipinski definition) is 5. The number of nitrogens with zero attached hydrogens (tertiary/aromatic N) is 1. The SMILES string of the molecule is N#CC1=C(N)OC2=C(C(=O)CCC2)[C@H]1c1cc(Br)c(OCc2ccccc2Cl)c(Br)c1. The van der Waals surface area contributed by atoms with E-state index >= 15 is 0 Å². The van der Waals surface area contributed by atoms with Crippen molar-refractivity contribution in [2.45, 2.75) is 31.8 Å². The average Bonchev–Trinajstić information content (AvgIpc) is 2.73. The van der Waals surface area contributed by atoms with E-state index in [9.17, 15) is 10.1 Å². The second-order valence-corrected chi connectivity index (χ2v) is 9.35. The molecule has 0 unspecified atom stereocenters. The Morgan fingerprint density at radius 2 is 1.94 bits per heavy atom. The van der Waals surface area contributed by atoms with Gasteiger partial charge in [0.2, 0.25) is 5.88 Å². The van der Waals surface area contributed by atoms with Gasteiger partial charge in [0.05, 0.1) is 14.9 Å². The summed E-state index contributed by atoms with van der Waals surface area (Å²) in [6.45, 7) is 0.289. The number of carbonyl (C=O) groups is 1. The Hall–Kier alpha value is -2.27. The number of ether oxygens (including phenoxy) is 2. The maximum atomic E-state index is 12.7. The van der Waals surface area contributed by atoms with Crippen molar-refractivity contribution in [1.29, 1.82) is 5.26 Å². The number of halogens is 3. The highest BCUT2D eigenvalue weighted by Crippen LogP contribution is 2.46. The first-order chi connectivity index (χ1) is 14.9. The van der Waals surface area contributed by atoms with Crippen LogP contribution in [0, 0.1) is 11.3 Å². The molecule has 31 heavy (non-hydrogen) atoms. The van der Waals surface area contributed by atoms with Gasteiger partial charge >= 0.3 is 0 Å². The summed E-state index contributed by atoms with van der Waals surface area (Å²) in [6, 6.07) is 13.3. The summed E-state index contributed by atoms with van der Waals surface area (Å²) in [5.74, 6) is 0.608. The summed E-state index contributed by atoms with van der Waals surface area (Å²) in [5, 5.41) is 10.4. The second-order valence-electron chi connectivity index (χ2n) is 7.23. The second kappa shape index (κ2) is 9.07. The Morgan fingerprint density at radius 3 is 2.61 bits per heavy atom. The molecule has 0 aromatic heterocycles. The highest BCUT2D eigenvalue weighted by atomic mass is 79.9. The van der Waals surface area contributed by atoms with E-state index < -0.39 is 5.92 Å². The molecule has 0 radical (unpaired) electrons. The molecule has 2 aromatic rings. The molecule has 8 heteroatoms. The lowest BCUT2D eigenvalue weighted by Crippen LogP contribution is -2.27. The lowest BCUT2D eigenvalue weighted by Gasteiger charge is -2.31. The van der Waals surface area contributed by atoms with Crippen LogP contribution >= 0.6 is 43.5 Å². The molecule has 5 nitrogen and oxygen atoms in total. The van der Waals surface area contributed by atoms with E-state index in [1.54, 1.807) is 0 Å². The molecule has 0 spiro atoms. The van der Waals surface area contributed by atoms with Crippen LogP contribution in [0.4, 0.5) is 0 Å². The van der Waals surface area contributed by atoms with Gasteiger partial charge in [0.25, 0.3) is 0 Å². The van der Waals surface area contributed by atoms with Crippen LogP contribution in [0.15, 0.2) is 68.1 Å². The highest BCUT2D eigenvalue weighted by molar-refractivity contribution is 9.11. The van der Waals surface area contributed by atoms with Gasteiger partial charge in [-0.05, 0) is 62.0 Å². The third-order valence-corrected chi connectivity index (χ3v) is 6.84. The van der Waals surface area contributed by atoms with E-state index in [1.165, 1.54) is 0 Å². The summed E-state index contributed by atoms with van der Waals surface area (Å²) < 4.78 is 13.0. The van der Waals surface area contributed by atoms with Gasteiger partial charge in [-0.1, -0.05) is 29.8 Å². The molecule has 1 heterocycles. The molecule has 0 saturated heterocycles. The molecule has 2 N–H and O–H groups in total. The number of ketones is 1. The van der Waals surface area contributed by atoms with E-state index in [0.29, 0.717) is 50.3 Å². The summed E-state index contributed by atoms with van der Waals surface area (Å²) in [7, 11) is 0. The van der Waals surface area contributed by atoms with Crippen molar-refractivity contribution >= 4 is 49.2 Å². The van der Waals surface area contributed by atoms with Crippen molar-refractivity contribution in [1.82, 2.24) is 0 Å². The van der Waals surface area contributed by atoms with Crippen LogP contribution in [0.3, 0.4) is 0 Å². The van der Waals surface area contributed by atoms with Gasteiger partial charge < -0.3 is 15.2 Å². The summed E-state index contributed by atoms with van der Waals surface area (Å²) in [6.07, 6.45) is 1.76. The van der Waals surface area contributed by atoms with Crippen molar-refractivity contribution in [3.05, 3.63) is 84.3 Å². The molecule has 0 amide bonds. The average molecular weight is 565 g/mol. The van der Waals surface area contributed by atoms with Crippen LogP contribution in [0.25, 0.3) is 0 Å². The third kappa shape index (κ3) is 4.25. The monoisotopic (exact) mass is 562 g/mol. The van der Waals surface area contributed by atoms with Gasteiger partial charge in [0, 0.05) is 29.0 Å². The molecule has 0 bridgehead atoms. The molecule has 2 aromatic carbocycles. The maximum Gasteiger partial charge on any atom is 0.205 e. The largest absolute Gasteiger partial charge is 0.486 e. The van der Waals surface area contributed by atoms with E-state index in [2.05, 4.69) is 37.9 Å². The van der Waals surface area contributed by atoms with Crippen LogP contribution in [-0.2, 0) is 16.1 Å². The minimum Gasteiger partial charge on any atom is -0.486 e. The van der Waals surface area contributed by atoms with E-state index in [4.69, 9.17) is 26.8 Å². The normalized spacial score (nSPS) is 18.4. The first-order valence-electron chi connectivity index (χ1n) is 9.59. The molecule has 0 saturated carbocycles. The van der Waals surface area contributed by atoms with E-state index in [-0.39, 0.29) is 23.8 Å². The fourth-order valence-electron chi connectivity index (χ4n) is 3.84. The molecule has 0 fully saturated rings. The highest BCUT2D eigenvalue weighted by Gasteiger charge is 2.38. The van der Waals surface area contributed by atoms with Gasteiger partial charge in [-0.3, -0.25) is 4.79 Å². The molecule has 4 rings (SSSR count).